The summed E-state index contributed by atoms with van der Waals surface area (Å²) in [6, 6.07) is 10.6. The van der Waals surface area contributed by atoms with Gasteiger partial charge in [0.2, 0.25) is 0 Å². The molecule has 0 bridgehead atoms. The van der Waals surface area contributed by atoms with Crippen LogP contribution >= 0.6 is 11.3 Å². The minimum absolute atomic E-state index is 0.138. The van der Waals surface area contributed by atoms with Gasteiger partial charge in [0.15, 0.2) is 0 Å². The van der Waals surface area contributed by atoms with Crippen LogP contribution in [-0.2, 0) is 0 Å². The zero-order valence-electron chi connectivity index (χ0n) is 10.7. The first-order chi connectivity index (χ1) is 9.28. The fourth-order valence-corrected chi connectivity index (χ4v) is 3.11. The second-order valence-electron chi connectivity index (χ2n) is 4.48. The molecule has 0 aliphatic rings. The molecule has 0 fully saturated rings. The zero-order chi connectivity index (χ0) is 13.2. The lowest BCUT2D eigenvalue weighted by Gasteiger charge is -2.04. The van der Waals surface area contributed by atoms with Gasteiger partial charge in [-0.05, 0) is 36.2 Å². The molecule has 2 heterocycles. The number of hydrogen-bond donors (Lipinski definition) is 1. The SMILES string of the molecule is CCC(N)c1ccc(-c2ccc3nccnc3c2)s1. The quantitative estimate of drug-likeness (QED) is 0.787. The number of thiophene rings is 1. The van der Waals surface area contributed by atoms with Crippen LogP contribution in [0.5, 0.6) is 0 Å². The molecule has 96 valence electrons. The molecule has 0 aliphatic carbocycles. The van der Waals surface area contributed by atoms with Crippen molar-refractivity contribution in [2.24, 2.45) is 5.73 Å². The second kappa shape index (κ2) is 5.07. The van der Waals surface area contributed by atoms with E-state index in [2.05, 4.69) is 41.2 Å². The van der Waals surface area contributed by atoms with Gasteiger partial charge in [-0.3, -0.25) is 9.97 Å². The number of benzene rings is 1. The van der Waals surface area contributed by atoms with Crippen LogP contribution in [0.1, 0.15) is 24.3 Å². The maximum absolute atomic E-state index is 6.06. The van der Waals surface area contributed by atoms with Crippen molar-refractivity contribution in [3.8, 4) is 10.4 Å². The lowest BCUT2D eigenvalue weighted by molar-refractivity contribution is 0.712. The lowest BCUT2D eigenvalue weighted by atomic mass is 10.1. The molecule has 19 heavy (non-hydrogen) atoms. The highest BCUT2D eigenvalue weighted by molar-refractivity contribution is 7.15. The van der Waals surface area contributed by atoms with Crippen LogP contribution in [0, 0.1) is 0 Å². The highest BCUT2D eigenvalue weighted by Gasteiger charge is 2.09. The van der Waals surface area contributed by atoms with Crippen LogP contribution in [0.4, 0.5) is 0 Å². The Bertz CT molecular complexity index is 705. The Morgan fingerprint density at radius 1 is 1.11 bits per heavy atom. The van der Waals surface area contributed by atoms with Gasteiger partial charge in [0.25, 0.3) is 0 Å². The van der Waals surface area contributed by atoms with E-state index in [-0.39, 0.29) is 6.04 Å². The van der Waals surface area contributed by atoms with Crippen molar-refractivity contribution in [1.29, 1.82) is 0 Å². The van der Waals surface area contributed by atoms with E-state index in [4.69, 9.17) is 5.73 Å². The van der Waals surface area contributed by atoms with E-state index in [1.165, 1.54) is 15.3 Å². The van der Waals surface area contributed by atoms with Crippen LogP contribution in [0.3, 0.4) is 0 Å². The summed E-state index contributed by atoms with van der Waals surface area (Å²) in [6.45, 7) is 2.11. The Kier molecular flexibility index (Phi) is 3.27. The monoisotopic (exact) mass is 269 g/mol. The van der Waals surface area contributed by atoms with E-state index in [1.807, 2.05) is 6.07 Å². The molecule has 2 N–H and O–H groups in total. The Morgan fingerprint density at radius 3 is 2.68 bits per heavy atom. The molecule has 1 unspecified atom stereocenters. The predicted molar refractivity (Wildman–Crippen MR) is 80.1 cm³/mol. The Balaban J connectivity index is 2.01. The van der Waals surface area contributed by atoms with Gasteiger partial charge in [-0.1, -0.05) is 13.0 Å². The molecule has 1 aromatic carbocycles. The van der Waals surface area contributed by atoms with E-state index in [0.29, 0.717) is 0 Å². The summed E-state index contributed by atoms with van der Waals surface area (Å²) < 4.78 is 0. The van der Waals surface area contributed by atoms with E-state index in [9.17, 15) is 0 Å². The van der Waals surface area contributed by atoms with Crippen LogP contribution in [0.15, 0.2) is 42.7 Å². The molecule has 0 amide bonds. The van der Waals surface area contributed by atoms with Crippen molar-refractivity contribution in [2.75, 3.05) is 0 Å². The molecule has 0 saturated heterocycles. The molecule has 0 aliphatic heterocycles. The van der Waals surface area contributed by atoms with Gasteiger partial charge in [-0.25, -0.2) is 0 Å². The van der Waals surface area contributed by atoms with E-state index in [0.717, 1.165) is 17.5 Å². The van der Waals surface area contributed by atoms with Crippen LogP contribution in [0.25, 0.3) is 21.5 Å². The smallest absolute Gasteiger partial charge is 0.0893 e. The summed E-state index contributed by atoms with van der Waals surface area (Å²) in [4.78, 5) is 11.1. The summed E-state index contributed by atoms with van der Waals surface area (Å²) >= 11 is 1.75. The first-order valence-electron chi connectivity index (χ1n) is 6.34. The molecule has 3 nitrogen and oxygen atoms in total. The molecular weight excluding hydrogens is 254 g/mol. The Labute approximate surface area is 116 Å². The van der Waals surface area contributed by atoms with E-state index < -0.39 is 0 Å². The van der Waals surface area contributed by atoms with Crippen molar-refractivity contribution in [3.05, 3.63) is 47.6 Å². The molecule has 1 atom stereocenters. The average molecular weight is 269 g/mol. The molecule has 3 rings (SSSR count). The standard InChI is InChI=1S/C15H15N3S/c1-2-11(16)15-6-5-14(19-15)10-3-4-12-13(9-10)18-8-7-17-12/h3-9,11H,2,16H2,1H3. The first-order valence-corrected chi connectivity index (χ1v) is 7.16. The highest BCUT2D eigenvalue weighted by Crippen LogP contribution is 2.32. The van der Waals surface area contributed by atoms with Gasteiger partial charge >= 0.3 is 0 Å². The number of rotatable bonds is 3. The van der Waals surface area contributed by atoms with Crippen LogP contribution in [0.2, 0.25) is 0 Å². The average Bonchev–Trinajstić information content (AvgIpc) is 2.95. The van der Waals surface area contributed by atoms with Crippen molar-refractivity contribution >= 4 is 22.4 Å². The van der Waals surface area contributed by atoms with Gasteiger partial charge in [0.1, 0.15) is 0 Å². The van der Waals surface area contributed by atoms with Crippen LogP contribution in [-0.4, -0.2) is 9.97 Å². The highest BCUT2D eigenvalue weighted by atomic mass is 32.1. The number of nitrogens with two attached hydrogens (primary N) is 1. The van der Waals surface area contributed by atoms with Gasteiger partial charge in [0.05, 0.1) is 11.0 Å². The van der Waals surface area contributed by atoms with E-state index >= 15 is 0 Å². The van der Waals surface area contributed by atoms with Gasteiger partial charge < -0.3 is 5.73 Å². The minimum Gasteiger partial charge on any atom is -0.323 e. The van der Waals surface area contributed by atoms with Crippen molar-refractivity contribution in [1.82, 2.24) is 9.97 Å². The van der Waals surface area contributed by atoms with Gasteiger partial charge in [-0.15, -0.1) is 11.3 Å². The number of nitrogens with zero attached hydrogens (tertiary/aromatic N) is 2. The maximum Gasteiger partial charge on any atom is 0.0893 e. The van der Waals surface area contributed by atoms with Crippen molar-refractivity contribution < 1.29 is 0 Å². The van der Waals surface area contributed by atoms with Gasteiger partial charge in [-0.2, -0.15) is 0 Å². The third-order valence-corrected chi connectivity index (χ3v) is 4.45. The fraction of sp³-hybridized carbons (Fsp3) is 0.200. The molecule has 3 aromatic rings. The molecule has 2 aromatic heterocycles. The summed E-state index contributed by atoms with van der Waals surface area (Å²) in [5.74, 6) is 0. The van der Waals surface area contributed by atoms with Crippen molar-refractivity contribution in [2.45, 2.75) is 19.4 Å². The molecule has 0 saturated carbocycles. The molecular formula is C15H15N3S. The number of fused-ring (bicyclic) bond motifs is 1. The predicted octanol–water partition coefficient (Wildman–Crippen LogP) is 3.77. The third kappa shape index (κ3) is 2.37. The zero-order valence-corrected chi connectivity index (χ0v) is 11.5. The van der Waals surface area contributed by atoms with Gasteiger partial charge in [0, 0.05) is 28.2 Å². The Hall–Kier alpha value is -1.78. The minimum atomic E-state index is 0.138. The van der Waals surface area contributed by atoms with Crippen molar-refractivity contribution in [3.63, 3.8) is 0 Å². The lowest BCUT2D eigenvalue weighted by Crippen LogP contribution is -2.05. The normalized spacial score (nSPS) is 12.7. The number of hydrogen-bond acceptors (Lipinski definition) is 4. The van der Waals surface area contributed by atoms with Crippen LogP contribution < -0.4 is 5.73 Å². The topological polar surface area (TPSA) is 51.8 Å². The Morgan fingerprint density at radius 2 is 1.89 bits per heavy atom. The molecule has 4 heteroatoms. The summed E-state index contributed by atoms with van der Waals surface area (Å²) in [7, 11) is 0. The summed E-state index contributed by atoms with van der Waals surface area (Å²) in [5.41, 5.74) is 9.09. The summed E-state index contributed by atoms with van der Waals surface area (Å²) in [6.07, 6.45) is 4.40. The summed E-state index contributed by atoms with van der Waals surface area (Å²) in [5, 5.41) is 0. The largest absolute Gasteiger partial charge is 0.323 e. The maximum atomic E-state index is 6.06. The molecule has 0 radical (unpaired) electrons. The third-order valence-electron chi connectivity index (χ3n) is 3.19. The molecule has 0 spiro atoms. The fourth-order valence-electron chi connectivity index (χ4n) is 2.02. The van der Waals surface area contributed by atoms with E-state index in [1.54, 1.807) is 23.7 Å². The first kappa shape index (κ1) is 12.3. The number of aromatic nitrogens is 2. The second-order valence-corrected chi connectivity index (χ2v) is 5.59.